The molecule has 0 radical (unpaired) electrons. The summed E-state index contributed by atoms with van der Waals surface area (Å²) in [6, 6.07) is 0. The highest BCUT2D eigenvalue weighted by Gasteiger charge is 2.17. The van der Waals surface area contributed by atoms with Crippen LogP contribution in [0.1, 0.15) is 65.2 Å². The molecule has 0 spiro atoms. The van der Waals surface area contributed by atoms with Crippen LogP contribution < -0.4 is 5.73 Å². The van der Waals surface area contributed by atoms with E-state index in [0.717, 1.165) is 25.7 Å². The van der Waals surface area contributed by atoms with Gasteiger partial charge in [0, 0.05) is 13.1 Å². The lowest BCUT2D eigenvalue weighted by atomic mass is 10.1. The van der Waals surface area contributed by atoms with Gasteiger partial charge >= 0.3 is 11.8 Å². The molecule has 0 bridgehead atoms. The van der Waals surface area contributed by atoms with Crippen molar-refractivity contribution in [2.24, 2.45) is 5.73 Å². The van der Waals surface area contributed by atoms with Gasteiger partial charge in [-0.15, -0.1) is 0 Å². The highest BCUT2D eigenvalue weighted by atomic mass is 16.2. The largest absolute Gasteiger partial charge is 0.361 e. The molecule has 2 amide bonds. The Balaban J connectivity index is 4.00. The number of carbonyl (C=O) groups excluding carboxylic acids is 2. The molecule has 0 fully saturated rings. The third-order valence-corrected chi connectivity index (χ3v) is 3.06. The van der Waals surface area contributed by atoms with Crippen LogP contribution in [0.5, 0.6) is 0 Å². The molecule has 4 nitrogen and oxygen atoms in total. The molecule has 106 valence electrons. The van der Waals surface area contributed by atoms with E-state index in [0.29, 0.717) is 13.1 Å². The van der Waals surface area contributed by atoms with Crippen molar-refractivity contribution in [2.45, 2.75) is 65.2 Å². The minimum Gasteiger partial charge on any atom is -0.361 e. The van der Waals surface area contributed by atoms with Gasteiger partial charge in [-0.1, -0.05) is 52.4 Å². The van der Waals surface area contributed by atoms with E-state index in [1.165, 1.54) is 25.7 Å². The normalized spacial score (nSPS) is 10.3. The Labute approximate surface area is 111 Å². The number of rotatable bonds is 10. The Morgan fingerprint density at radius 1 is 0.833 bits per heavy atom. The van der Waals surface area contributed by atoms with E-state index in [-0.39, 0.29) is 0 Å². The average molecular weight is 256 g/mol. The molecule has 0 atom stereocenters. The van der Waals surface area contributed by atoms with E-state index in [1.807, 2.05) is 0 Å². The maximum atomic E-state index is 11.6. The van der Waals surface area contributed by atoms with Gasteiger partial charge in [-0.2, -0.15) is 0 Å². The SMILES string of the molecule is CCCCCCN(CCCCCC)C(=O)C(N)=O. The van der Waals surface area contributed by atoms with Gasteiger partial charge in [0.05, 0.1) is 0 Å². The Morgan fingerprint density at radius 2 is 1.28 bits per heavy atom. The molecule has 4 heteroatoms. The third kappa shape index (κ3) is 8.09. The van der Waals surface area contributed by atoms with Crippen molar-refractivity contribution in [1.82, 2.24) is 4.90 Å². The highest BCUT2D eigenvalue weighted by molar-refractivity contribution is 6.34. The Hall–Kier alpha value is -1.06. The molecule has 0 aromatic carbocycles. The molecule has 2 N–H and O–H groups in total. The number of unbranched alkanes of at least 4 members (excludes halogenated alkanes) is 6. The lowest BCUT2D eigenvalue weighted by molar-refractivity contribution is -0.144. The van der Waals surface area contributed by atoms with Crippen molar-refractivity contribution in [3.05, 3.63) is 0 Å². The second-order valence-corrected chi connectivity index (χ2v) is 4.78. The van der Waals surface area contributed by atoms with Crippen molar-refractivity contribution in [3.63, 3.8) is 0 Å². The molecule has 0 aliphatic carbocycles. The van der Waals surface area contributed by atoms with Crippen molar-refractivity contribution < 1.29 is 9.59 Å². The molecule has 18 heavy (non-hydrogen) atoms. The fraction of sp³-hybridized carbons (Fsp3) is 0.857. The average Bonchev–Trinajstić information content (AvgIpc) is 2.36. The highest BCUT2D eigenvalue weighted by Crippen LogP contribution is 2.05. The molecular weight excluding hydrogens is 228 g/mol. The van der Waals surface area contributed by atoms with Crippen molar-refractivity contribution in [3.8, 4) is 0 Å². The van der Waals surface area contributed by atoms with Crippen molar-refractivity contribution >= 4 is 11.8 Å². The summed E-state index contributed by atoms with van der Waals surface area (Å²) < 4.78 is 0. The number of hydrogen-bond donors (Lipinski definition) is 1. The van der Waals surface area contributed by atoms with Crippen LogP contribution in [0, 0.1) is 0 Å². The maximum absolute atomic E-state index is 11.6. The van der Waals surface area contributed by atoms with Gasteiger partial charge in [0.25, 0.3) is 0 Å². The van der Waals surface area contributed by atoms with Gasteiger partial charge in [0.2, 0.25) is 0 Å². The first-order valence-electron chi connectivity index (χ1n) is 7.22. The predicted molar refractivity (Wildman–Crippen MR) is 74.1 cm³/mol. The molecule has 0 heterocycles. The zero-order valence-corrected chi connectivity index (χ0v) is 11.9. The van der Waals surface area contributed by atoms with Crippen LogP contribution in [0.3, 0.4) is 0 Å². The summed E-state index contributed by atoms with van der Waals surface area (Å²) in [7, 11) is 0. The molecule has 0 saturated carbocycles. The first-order chi connectivity index (χ1) is 8.63. The number of nitrogens with two attached hydrogens (primary N) is 1. The molecule has 0 aromatic heterocycles. The molecular formula is C14H28N2O2. The number of carbonyl (C=O) groups is 2. The lowest BCUT2D eigenvalue weighted by Gasteiger charge is -2.21. The molecule has 0 unspecified atom stereocenters. The summed E-state index contributed by atoms with van der Waals surface area (Å²) in [5, 5.41) is 0. The second-order valence-electron chi connectivity index (χ2n) is 4.78. The zero-order valence-electron chi connectivity index (χ0n) is 11.9. The number of primary amides is 1. The summed E-state index contributed by atoms with van der Waals surface area (Å²) in [5.74, 6) is -1.36. The second kappa shape index (κ2) is 11.1. The summed E-state index contributed by atoms with van der Waals surface area (Å²) in [6.45, 7) is 5.62. The standard InChI is InChI=1S/C14H28N2O2/c1-3-5-7-9-11-16(14(18)13(15)17)12-10-8-6-4-2/h3-12H2,1-2H3,(H2,15,17). The smallest absolute Gasteiger partial charge is 0.311 e. The van der Waals surface area contributed by atoms with Gasteiger partial charge in [0.1, 0.15) is 0 Å². The van der Waals surface area contributed by atoms with Crippen LogP contribution >= 0.6 is 0 Å². The summed E-state index contributed by atoms with van der Waals surface area (Å²) >= 11 is 0. The topological polar surface area (TPSA) is 63.4 Å². The van der Waals surface area contributed by atoms with E-state index >= 15 is 0 Å². The maximum Gasteiger partial charge on any atom is 0.311 e. The predicted octanol–water partition coefficient (Wildman–Crippen LogP) is 2.46. The summed E-state index contributed by atoms with van der Waals surface area (Å²) in [5.41, 5.74) is 5.07. The van der Waals surface area contributed by atoms with Crippen LogP contribution in [0.4, 0.5) is 0 Å². The zero-order chi connectivity index (χ0) is 13.8. The Bertz CT molecular complexity index is 230. The summed E-state index contributed by atoms with van der Waals surface area (Å²) in [6.07, 6.45) is 8.81. The van der Waals surface area contributed by atoms with Crippen LogP contribution in [0.15, 0.2) is 0 Å². The van der Waals surface area contributed by atoms with E-state index in [2.05, 4.69) is 13.8 Å². The lowest BCUT2D eigenvalue weighted by Crippen LogP contribution is -2.41. The molecule has 0 aromatic rings. The van der Waals surface area contributed by atoms with Crippen LogP contribution in [0.2, 0.25) is 0 Å². The first kappa shape index (κ1) is 16.9. The van der Waals surface area contributed by atoms with Gasteiger partial charge in [-0.3, -0.25) is 9.59 Å². The van der Waals surface area contributed by atoms with Gasteiger partial charge < -0.3 is 10.6 Å². The quantitative estimate of drug-likeness (QED) is 0.482. The van der Waals surface area contributed by atoms with Crippen molar-refractivity contribution in [1.29, 1.82) is 0 Å². The van der Waals surface area contributed by atoms with Crippen LogP contribution in [0.25, 0.3) is 0 Å². The van der Waals surface area contributed by atoms with Crippen LogP contribution in [-0.4, -0.2) is 29.8 Å². The third-order valence-electron chi connectivity index (χ3n) is 3.06. The van der Waals surface area contributed by atoms with E-state index in [9.17, 15) is 9.59 Å². The van der Waals surface area contributed by atoms with Gasteiger partial charge in [0.15, 0.2) is 0 Å². The fourth-order valence-electron chi connectivity index (χ4n) is 1.93. The Morgan fingerprint density at radius 3 is 1.61 bits per heavy atom. The monoisotopic (exact) mass is 256 g/mol. The fourth-order valence-corrected chi connectivity index (χ4v) is 1.93. The molecule has 0 aliphatic heterocycles. The minimum atomic E-state index is -0.832. The number of nitrogens with zero attached hydrogens (tertiary/aromatic N) is 1. The van der Waals surface area contributed by atoms with Crippen LogP contribution in [-0.2, 0) is 9.59 Å². The first-order valence-corrected chi connectivity index (χ1v) is 7.22. The molecule has 0 rings (SSSR count). The van der Waals surface area contributed by atoms with Gasteiger partial charge in [-0.25, -0.2) is 0 Å². The van der Waals surface area contributed by atoms with Crippen molar-refractivity contribution in [2.75, 3.05) is 13.1 Å². The molecule has 0 aliphatic rings. The van der Waals surface area contributed by atoms with E-state index in [1.54, 1.807) is 4.90 Å². The number of amides is 2. The van der Waals surface area contributed by atoms with E-state index in [4.69, 9.17) is 5.73 Å². The van der Waals surface area contributed by atoms with E-state index < -0.39 is 11.8 Å². The number of hydrogen-bond acceptors (Lipinski definition) is 2. The minimum absolute atomic E-state index is 0.525. The Kier molecular flexibility index (Phi) is 10.4. The van der Waals surface area contributed by atoms with Gasteiger partial charge in [-0.05, 0) is 12.8 Å². The molecule has 0 saturated heterocycles. The summed E-state index contributed by atoms with van der Waals surface area (Å²) in [4.78, 5) is 24.2.